The van der Waals surface area contributed by atoms with Gasteiger partial charge in [0, 0.05) is 25.2 Å². The fraction of sp³-hybridized carbons (Fsp3) is 0.885. The van der Waals surface area contributed by atoms with Crippen molar-refractivity contribution < 1.29 is 36.3 Å². The Balaban J connectivity index is 2.24. The molecule has 0 bridgehead atoms. The summed E-state index contributed by atoms with van der Waals surface area (Å²) in [4.78, 5) is 0. The van der Waals surface area contributed by atoms with E-state index in [0.29, 0.717) is 6.54 Å². The molecule has 2 aliphatic heterocycles. The monoisotopic (exact) mass is 625 g/mol. The van der Waals surface area contributed by atoms with Crippen LogP contribution in [0.4, 0.5) is 8.78 Å². The molecule has 0 aliphatic carbocycles. The van der Waals surface area contributed by atoms with E-state index in [0.717, 1.165) is 0 Å². The van der Waals surface area contributed by atoms with Crippen LogP contribution in [-0.2, 0) is 27.6 Å². The lowest BCUT2D eigenvalue weighted by molar-refractivity contribution is 0.0162. The maximum atomic E-state index is 15.5. The number of nitriles is 2. The van der Waals surface area contributed by atoms with E-state index in [-0.39, 0.29) is 44.7 Å². The molecule has 236 valence electrons. The summed E-state index contributed by atoms with van der Waals surface area (Å²) >= 11 is 0. The number of rotatable bonds is 18. The van der Waals surface area contributed by atoms with E-state index in [9.17, 15) is 0 Å². The van der Waals surface area contributed by atoms with Gasteiger partial charge in [-0.25, -0.2) is 13.5 Å². The Morgan fingerprint density at radius 3 is 2.02 bits per heavy atom. The molecule has 0 aromatic carbocycles. The summed E-state index contributed by atoms with van der Waals surface area (Å²) in [5, 5.41) is 24.1. The van der Waals surface area contributed by atoms with Gasteiger partial charge in [-0.2, -0.15) is 10.5 Å². The van der Waals surface area contributed by atoms with Crippen LogP contribution in [-0.4, -0.2) is 105 Å². The zero-order valence-corrected chi connectivity index (χ0v) is 27.0. The Hall–Kier alpha value is -0.790. The number of alkyl halides is 2. The molecule has 10 atom stereocenters. The predicted octanol–water partition coefficient (Wildman–Crippen LogP) is 4.22. The van der Waals surface area contributed by atoms with Crippen LogP contribution in [0.25, 0.3) is 0 Å². The van der Waals surface area contributed by atoms with Gasteiger partial charge in [-0.05, 0) is 54.9 Å². The van der Waals surface area contributed by atoms with Crippen molar-refractivity contribution in [3.05, 3.63) is 0 Å². The van der Waals surface area contributed by atoms with Crippen molar-refractivity contribution in [3.63, 3.8) is 0 Å². The molecule has 0 radical (unpaired) electrons. The first-order valence-electron chi connectivity index (χ1n) is 14.1. The predicted molar refractivity (Wildman–Crippen MR) is 156 cm³/mol. The van der Waals surface area contributed by atoms with Crippen molar-refractivity contribution in [1.82, 2.24) is 15.1 Å². The van der Waals surface area contributed by atoms with Crippen LogP contribution in [0.5, 0.6) is 0 Å². The average molecular weight is 626 g/mol. The van der Waals surface area contributed by atoms with E-state index in [1.54, 1.807) is 20.9 Å². The van der Waals surface area contributed by atoms with Crippen LogP contribution >= 0.6 is 16.0 Å². The molecule has 0 aromatic rings. The van der Waals surface area contributed by atoms with Crippen molar-refractivity contribution >= 4 is 22.3 Å². The van der Waals surface area contributed by atoms with Gasteiger partial charge in [0.15, 0.2) is 19.8 Å². The first kappa shape index (κ1) is 36.4. The van der Waals surface area contributed by atoms with Crippen molar-refractivity contribution in [2.45, 2.75) is 115 Å². The Morgan fingerprint density at radius 1 is 0.951 bits per heavy atom. The van der Waals surface area contributed by atoms with Crippen molar-refractivity contribution in [1.29, 1.82) is 10.5 Å². The number of ether oxygens (including phenoxy) is 2. The van der Waals surface area contributed by atoms with Crippen LogP contribution in [0.15, 0.2) is 0 Å². The molecule has 15 heteroatoms. The third-order valence-corrected chi connectivity index (χ3v) is 10.6. The summed E-state index contributed by atoms with van der Waals surface area (Å²) < 4.78 is 68.6. The Bertz CT molecular complexity index is 918. The molecular formula is C26H47F2N5O6P2. The topological polar surface area (TPSA) is 130 Å². The summed E-state index contributed by atoms with van der Waals surface area (Å²) in [6.07, 6.45) is -3.25. The Kier molecular flexibility index (Phi) is 15.5. The fourth-order valence-electron chi connectivity index (χ4n) is 4.76. The van der Waals surface area contributed by atoms with Gasteiger partial charge >= 0.3 is 0 Å². The largest absolute Gasteiger partial charge is 0.368 e. The van der Waals surface area contributed by atoms with E-state index >= 15 is 8.78 Å². The zero-order valence-electron chi connectivity index (χ0n) is 25.2. The van der Waals surface area contributed by atoms with Crippen molar-refractivity contribution in [3.8, 4) is 12.1 Å². The first-order chi connectivity index (χ1) is 19.4. The lowest BCUT2D eigenvalue weighted by Gasteiger charge is -2.38. The minimum absolute atomic E-state index is 0.0148. The quantitative estimate of drug-likeness (QED) is 0.168. The van der Waals surface area contributed by atoms with Crippen molar-refractivity contribution in [2.24, 2.45) is 0 Å². The summed E-state index contributed by atoms with van der Waals surface area (Å²) in [6, 6.07) is 4.13. The van der Waals surface area contributed by atoms with E-state index in [1.807, 2.05) is 38.4 Å². The molecule has 4 unspecified atom stereocenters. The Morgan fingerprint density at radius 2 is 1.49 bits per heavy atom. The molecule has 0 spiro atoms. The van der Waals surface area contributed by atoms with E-state index in [4.69, 9.17) is 38.1 Å². The highest BCUT2D eigenvalue weighted by Crippen LogP contribution is 2.51. The third kappa shape index (κ3) is 10.4. The number of nitrogens with one attached hydrogen (secondary N) is 2. The van der Waals surface area contributed by atoms with Gasteiger partial charge in [0.2, 0.25) is 0 Å². The van der Waals surface area contributed by atoms with Gasteiger partial charge in [-0.1, -0.05) is 0 Å². The highest BCUT2D eigenvalue weighted by Gasteiger charge is 2.48. The van der Waals surface area contributed by atoms with Crippen LogP contribution < -0.4 is 10.4 Å². The normalized spacial score (nSPS) is 32.3. The minimum atomic E-state index is -3.23. The molecule has 11 nitrogen and oxygen atoms in total. The van der Waals surface area contributed by atoms with Crippen LogP contribution in [0.2, 0.25) is 0 Å². The molecule has 2 heterocycles. The molecule has 2 saturated heterocycles. The summed E-state index contributed by atoms with van der Waals surface area (Å²) in [5.41, 5.74) is 0. The second kappa shape index (κ2) is 17.5. The maximum Gasteiger partial charge on any atom is 0.259 e. The molecule has 0 saturated carbocycles. The van der Waals surface area contributed by atoms with Gasteiger partial charge in [-0.3, -0.25) is 5.09 Å². The number of hydrogen-bond donors (Lipinski definition) is 2. The molecular weight excluding hydrogens is 578 g/mol. The third-order valence-electron chi connectivity index (χ3n) is 6.65. The van der Waals surface area contributed by atoms with Gasteiger partial charge in [0.05, 0.1) is 56.5 Å². The molecule has 2 N–H and O–H groups in total. The zero-order chi connectivity index (χ0) is 30.7. The lowest BCUT2D eigenvalue weighted by Crippen LogP contribution is -2.42. The van der Waals surface area contributed by atoms with E-state index in [2.05, 4.69) is 22.8 Å². The lowest BCUT2D eigenvalue weighted by atomic mass is 10.1. The summed E-state index contributed by atoms with van der Waals surface area (Å²) in [5.74, 6) is 0. The highest BCUT2D eigenvalue weighted by atomic mass is 31.2. The smallest absolute Gasteiger partial charge is 0.259 e. The van der Waals surface area contributed by atoms with Gasteiger partial charge in [0.1, 0.15) is 18.3 Å². The van der Waals surface area contributed by atoms with E-state index in [1.165, 1.54) is 0 Å². The second-order valence-corrected chi connectivity index (χ2v) is 14.2. The van der Waals surface area contributed by atoms with Crippen LogP contribution in [0.1, 0.15) is 54.4 Å². The van der Waals surface area contributed by atoms with Gasteiger partial charge in [-0.15, -0.1) is 0 Å². The molecule has 0 aromatic heterocycles. The fourth-order valence-corrected chi connectivity index (χ4v) is 8.24. The second-order valence-electron chi connectivity index (χ2n) is 10.7. The van der Waals surface area contributed by atoms with Gasteiger partial charge in [0.25, 0.3) is 8.53 Å². The SMILES string of the molecule is C=P(NC[C@H]1O[C@@H](C)[C@@H](F)C1OP(OCCC#N)N(C(C)C)C(C)C)(OCCC#N)O[C@@H]1C(F)[C@H](C)O[C@@H]1CNC. The maximum absolute atomic E-state index is 15.5. The highest BCUT2D eigenvalue weighted by molar-refractivity contribution is 7.62. The Labute approximate surface area is 245 Å². The van der Waals surface area contributed by atoms with Crippen molar-refractivity contribution in [2.75, 3.05) is 33.4 Å². The summed E-state index contributed by atoms with van der Waals surface area (Å²) in [6.45, 7) is 11.8. The van der Waals surface area contributed by atoms with Crippen LogP contribution in [0, 0.1) is 22.7 Å². The number of nitrogens with zero attached hydrogens (tertiary/aromatic N) is 3. The average Bonchev–Trinajstić information content (AvgIpc) is 3.32. The molecule has 2 rings (SSSR count). The van der Waals surface area contributed by atoms with Crippen LogP contribution in [0.3, 0.4) is 0 Å². The molecule has 41 heavy (non-hydrogen) atoms. The molecule has 2 aliphatic rings. The number of likely N-dealkylation sites (N-methyl/N-ethyl adjacent to an activating group) is 1. The summed E-state index contributed by atoms with van der Waals surface area (Å²) in [7, 11) is -3.22. The number of hydrogen-bond acceptors (Lipinski definition) is 11. The first-order valence-corrected chi connectivity index (χ1v) is 17.0. The number of halogens is 2. The standard InChI is InChI=1S/C26H47F2N5O6P2/c1-17(2)33(18(3)4)40(34-13-9-11-29)38-25-22(37-19(5)23(25)27)16-32-41(8,35-14-10-12-30)39-26-21(15-31-7)36-20(6)24(26)28/h17-26,31-32H,8-10,13-16H2,1-7H3/t19-,20-,21+,22+,23+,24?,25?,26-,40?,41?/m0/s1. The molecule has 0 amide bonds. The molecule has 2 fully saturated rings. The van der Waals surface area contributed by atoms with E-state index < -0.39 is 65.0 Å². The minimum Gasteiger partial charge on any atom is -0.368 e. The van der Waals surface area contributed by atoms with Gasteiger partial charge < -0.3 is 32.9 Å².